The molecule has 0 fully saturated rings. The van der Waals surface area contributed by atoms with Crippen LogP contribution in [0.1, 0.15) is 5.56 Å². The van der Waals surface area contributed by atoms with Crippen LogP contribution in [0, 0.1) is 0 Å². The van der Waals surface area contributed by atoms with Gasteiger partial charge in [-0.3, -0.25) is 0 Å². The number of nitrogens with zero attached hydrogens (tertiary/aromatic N) is 2. The Kier molecular flexibility index (Phi) is 4.13. The fourth-order valence-corrected chi connectivity index (χ4v) is 1.24. The number of likely N-dealkylation sites (N-methyl/N-ethyl adjacent to an activating group) is 1. The van der Waals surface area contributed by atoms with Crippen molar-refractivity contribution in [3.8, 4) is 0 Å². The topological polar surface area (TPSA) is 28.2 Å². The van der Waals surface area contributed by atoms with Gasteiger partial charge in [0.2, 0.25) is 0 Å². The van der Waals surface area contributed by atoms with Gasteiger partial charge >= 0.3 is 0 Å². The fraction of sp³-hybridized carbons (Fsp3) is 0.364. The summed E-state index contributed by atoms with van der Waals surface area (Å²) in [7, 11) is 3.93. The van der Waals surface area contributed by atoms with E-state index in [4.69, 9.17) is 0 Å². The fourth-order valence-electron chi connectivity index (χ4n) is 1.24. The lowest BCUT2D eigenvalue weighted by molar-refractivity contribution is 0.812. The normalized spacial score (nSPS) is 9.86. The van der Waals surface area contributed by atoms with Crippen LogP contribution in [0.4, 0.5) is 5.82 Å². The first-order valence-electron chi connectivity index (χ1n) is 4.69. The standard InChI is InChI=1S/C11H17N3/c1-4-7-14(3)11-6-5-10(8-12-2)9-13-11/h4-6,9,12H,1,7-8H2,2-3H3. The monoisotopic (exact) mass is 191 g/mol. The molecule has 0 spiro atoms. The van der Waals surface area contributed by atoms with Gasteiger partial charge in [-0.25, -0.2) is 4.98 Å². The van der Waals surface area contributed by atoms with Gasteiger partial charge in [0.05, 0.1) is 0 Å². The van der Waals surface area contributed by atoms with Gasteiger partial charge in [-0.15, -0.1) is 6.58 Å². The molecule has 0 unspecified atom stereocenters. The Morgan fingerprint density at radius 1 is 1.57 bits per heavy atom. The quantitative estimate of drug-likeness (QED) is 0.713. The van der Waals surface area contributed by atoms with Crippen molar-refractivity contribution in [2.24, 2.45) is 0 Å². The van der Waals surface area contributed by atoms with Crippen molar-refractivity contribution in [2.45, 2.75) is 6.54 Å². The van der Waals surface area contributed by atoms with E-state index >= 15 is 0 Å². The summed E-state index contributed by atoms with van der Waals surface area (Å²) in [5.74, 6) is 0.977. The highest BCUT2D eigenvalue weighted by Gasteiger charge is 1.99. The third-order valence-corrected chi connectivity index (χ3v) is 1.98. The second-order valence-corrected chi connectivity index (χ2v) is 3.22. The van der Waals surface area contributed by atoms with E-state index < -0.39 is 0 Å². The lowest BCUT2D eigenvalue weighted by Crippen LogP contribution is -2.18. The summed E-state index contributed by atoms with van der Waals surface area (Å²) in [6.07, 6.45) is 3.76. The van der Waals surface area contributed by atoms with E-state index in [-0.39, 0.29) is 0 Å². The molecular weight excluding hydrogens is 174 g/mol. The van der Waals surface area contributed by atoms with Crippen molar-refractivity contribution in [3.63, 3.8) is 0 Å². The van der Waals surface area contributed by atoms with E-state index in [0.717, 1.165) is 18.9 Å². The van der Waals surface area contributed by atoms with Gasteiger partial charge in [-0.1, -0.05) is 12.1 Å². The molecule has 14 heavy (non-hydrogen) atoms. The minimum Gasteiger partial charge on any atom is -0.356 e. The molecule has 0 aliphatic rings. The Bertz CT molecular complexity index is 279. The summed E-state index contributed by atoms with van der Waals surface area (Å²) in [6.45, 7) is 5.37. The second kappa shape index (κ2) is 5.40. The highest BCUT2D eigenvalue weighted by Crippen LogP contribution is 2.08. The highest BCUT2D eigenvalue weighted by molar-refractivity contribution is 5.38. The summed E-state index contributed by atoms with van der Waals surface area (Å²) in [5.41, 5.74) is 1.20. The average Bonchev–Trinajstić information content (AvgIpc) is 2.20. The Balaban J connectivity index is 2.67. The Morgan fingerprint density at radius 2 is 2.36 bits per heavy atom. The second-order valence-electron chi connectivity index (χ2n) is 3.22. The minimum absolute atomic E-state index is 0.818. The maximum Gasteiger partial charge on any atom is 0.128 e. The van der Waals surface area contributed by atoms with Gasteiger partial charge in [-0.05, 0) is 18.7 Å². The number of hydrogen-bond donors (Lipinski definition) is 1. The van der Waals surface area contributed by atoms with Crippen LogP contribution < -0.4 is 10.2 Å². The van der Waals surface area contributed by atoms with Gasteiger partial charge in [-0.2, -0.15) is 0 Å². The van der Waals surface area contributed by atoms with Crippen molar-refractivity contribution in [1.29, 1.82) is 0 Å². The van der Waals surface area contributed by atoms with Crippen molar-refractivity contribution in [1.82, 2.24) is 10.3 Å². The molecule has 0 aromatic carbocycles. The Hall–Kier alpha value is -1.35. The molecule has 0 saturated heterocycles. The summed E-state index contributed by atoms with van der Waals surface area (Å²) in [5, 5.41) is 3.09. The van der Waals surface area contributed by atoms with E-state index in [2.05, 4.69) is 27.8 Å². The molecule has 3 heteroatoms. The molecule has 3 nitrogen and oxygen atoms in total. The number of pyridine rings is 1. The lowest BCUT2D eigenvalue weighted by Gasteiger charge is -2.15. The van der Waals surface area contributed by atoms with Gasteiger partial charge < -0.3 is 10.2 Å². The van der Waals surface area contributed by atoms with Crippen molar-refractivity contribution >= 4 is 5.82 Å². The molecule has 0 aliphatic heterocycles. The molecule has 0 aliphatic carbocycles. The molecule has 0 radical (unpaired) electrons. The minimum atomic E-state index is 0.818. The van der Waals surface area contributed by atoms with Gasteiger partial charge in [0.15, 0.2) is 0 Å². The predicted molar refractivity (Wildman–Crippen MR) is 60.5 cm³/mol. The number of aromatic nitrogens is 1. The van der Waals surface area contributed by atoms with Crippen LogP contribution in [0.15, 0.2) is 31.0 Å². The molecule has 0 bridgehead atoms. The van der Waals surface area contributed by atoms with E-state index in [1.807, 2.05) is 32.4 Å². The van der Waals surface area contributed by atoms with Crippen molar-refractivity contribution < 1.29 is 0 Å². The molecule has 1 aromatic rings. The SMILES string of the molecule is C=CCN(C)c1ccc(CNC)cn1. The number of nitrogens with one attached hydrogen (secondary N) is 1. The molecule has 1 rings (SSSR count). The zero-order valence-electron chi connectivity index (χ0n) is 8.83. The van der Waals surface area contributed by atoms with Crippen LogP contribution in [-0.4, -0.2) is 25.6 Å². The molecule has 1 aromatic heterocycles. The largest absolute Gasteiger partial charge is 0.356 e. The van der Waals surface area contributed by atoms with Crippen LogP contribution in [0.3, 0.4) is 0 Å². The zero-order valence-corrected chi connectivity index (χ0v) is 8.83. The Morgan fingerprint density at radius 3 is 2.86 bits per heavy atom. The van der Waals surface area contributed by atoms with Crippen LogP contribution in [0.5, 0.6) is 0 Å². The first kappa shape index (κ1) is 10.7. The van der Waals surface area contributed by atoms with E-state index in [1.165, 1.54) is 5.56 Å². The molecule has 76 valence electrons. The predicted octanol–water partition coefficient (Wildman–Crippen LogP) is 1.42. The van der Waals surface area contributed by atoms with E-state index in [0.29, 0.717) is 0 Å². The molecular formula is C11H17N3. The van der Waals surface area contributed by atoms with Crippen LogP contribution in [0.2, 0.25) is 0 Å². The van der Waals surface area contributed by atoms with Crippen LogP contribution >= 0.6 is 0 Å². The smallest absolute Gasteiger partial charge is 0.128 e. The van der Waals surface area contributed by atoms with Crippen LogP contribution in [0.25, 0.3) is 0 Å². The molecule has 0 atom stereocenters. The van der Waals surface area contributed by atoms with Gasteiger partial charge in [0.1, 0.15) is 5.82 Å². The first-order valence-corrected chi connectivity index (χ1v) is 4.69. The zero-order chi connectivity index (χ0) is 10.4. The van der Waals surface area contributed by atoms with Crippen molar-refractivity contribution in [3.05, 3.63) is 36.5 Å². The highest BCUT2D eigenvalue weighted by atomic mass is 15.1. The van der Waals surface area contributed by atoms with E-state index in [1.54, 1.807) is 0 Å². The maximum atomic E-state index is 4.35. The van der Waals surface area contributed by atoms with Crippen molar-refractivity contribution in [2.75, 3.05) is 25.5 Å². The number of hydrogen-bond acceptors (Lipinski definition) is 3. The maximum absolute atomic E-state index is 4.35. The molecule has 1 N–H and O–H groups in total. The lowest BCUT2D eigenvalue weighted by atomic mass is 10.3. The molecule has 0 amide bonds. The summed E-state index contributed by atoms with van der Waals surface area (Å²) >= 11 is 0. The van der Waals surface area contributed by atoms with Gasteiger partial charge in [0, 0.05) is 26.3 Å². The number of rotatable bonds is 5. The Labute approximate surface area is 85.5 Å². The summed E-state index contributed by atoms with van der Waals surface area (Å²) < 4.78 is 0. The summed E-state index contributed by atoms with van der Waals surface area (Å²) in [4.78, 5) is 6.41. The average molecular weight is 191 g/mol. The number of anilines is 1. The third kappa shape index (κ3) is 2.85. The van der Waals surface area contributed by atoms with Gasteiger partial charge in [0.25, 0.3) is 0 Å². The van der Waals surface area contributed by atoms with Crippen LogP contribution in [-0.2, 0) is 6.54 Å². The van der Waals surface area contributed by atoms with E-state index in [9.17, 15) is 0 Å². The molecule has 1 heterocycles. The summed E-state index contributed by atoms with van der Waals surface area (Å²) in [6, 6.07) is 4.11. The molecule has 0 saturated carbocycles. The first-order chi connectivity index (χ1) is 6.77. The third-order valence-electron chi connectivity index (χ3n) is 1.98.